The van der Waals surface area contributed by atoms with Crippen molar-refractivity contribution in [3.8, 4) is 0 Å². The highest BCUT2D eigenvalue weighted by molar-refractivity contribution is 7.94. The summed E-state index contributed by atoms with van der Waals surface area (Å²) >= 11 is 0. The number of rotatable bonds is 7. The Bertz CT molecular complexity index is 359. The molecule has 0 atom stereocenters. The van der Waals surface area contributed by atoms with Gasteiger partial charge in [-0.1, -0.05) is 13.3 Å². The monoisotopic (exact) mass is 295 g/mol. The molecule has 0 saturated carbocycles. The second-order valence-corrected chi connectivity index (χ2v) is 5.04. The molecule has 106 valence electrons. The van der Waals surface area contributed by atoms with Crippen molar-refractivity contribution < 1.29 is 34.3 Å². The number of aliphatic hydroxyl groups is 1. The lowest BCUT2D eigenvalue weighted by atomic mass is 10.4. The summed E-state index contributed by atoms with van der Waals surface area (Å²) in [5.74, 6) is 0. The number of nitrogens with two attached hydrogens (primary N) is 1. The zero-order valence-electron chi connectivity index (χ0n) is 9.27. The van der Waals surface area contributed by atoms with Crippen molar-refractivity contribution in [3.63, 3.8) is 0 Å². The first-order chi connectivity index (χ1) is 7.68. The van der Waals surface area contributed by atoms with E-state index < -0.39 is 20.8 Å². The van der Waals surface area contributed by atoms with E-state index in [9.17, 15) is 16.8 Å². The van der Waals surface area contributed by atoms with E-state index in [1.807, 2.05) is 0 Å². The van der Waals surface area contributed by atoms with Crippen LogP contribution in [0.15, 0.2) is 0 Å². The second-order valence-electron chi connectivity index (χ2n) is 2.59. The number of unbranched alkanes of at least 4 members (excludes halogenated alkanes) is 1. The standard InChI is InChI=1S/C4H10O7S2.C2H7NO/c1-2-3-4-10-13(8,9)11-12(5,6)7;3-1-2-4/h2-4H2,1H3,(H,5,6,7);4H,1-3H2. The van der Waals surface area contributed by atoms with Gasteiger partial charge in [-0.2, -0.15) is 16.8 Å². The van der Waals surface area contributed by atoms with E-state index in [4.69, 9.17) is 15.4 Å². The van der Waals surface area contributed by atoms with Gasteiger partial charge in [-0.05, 0) is 6.42 Å². The van der Waals surface area contributed by atoms with Gasteiger partial charge >= 0.3 is 20.8 Å². The van der Waals surface area contributed by atoms with Crippen LogP contribution in [0.1, 0.15) is 19.8 Å². The number of aliphatic hydroxyl groups excluding tert-OH is 1. The van der Waals surface area contributed by atoms with Crippen LogP contribution in [0.3, 0.4) is 0 Å². The van der Waals surface area contributed by atoms with Gasteiger partial charge in [0.15, 0.2) is 0 Å². The maximum Gasteiger partial charge on any atom is 0.416 e. The van der Waals surface area contributed by atoms with Crippen molar-refractivity contribution in [2.24, 2.45) is 5.73 Å². The zero-order chi connectivity index (χ0) is 13.9. The maximum absolute atomic E-state index is 10.5. The fourth-order valence-electron chi connectivity index (χ4n) is 0.430. The number of hydrogen-bond acceptors (Lipinski definition) is 8. The van der Waals surface area contributed by atoms with Gasteiger partial charge < -0.3 is 10.8 Å². The molecule has 4 N–H and O–H groups in total. The first-order valence-corrected chi connectivity index (χ1v) is 7.27. The third kappa shape index (κ3) is 18.3. The Kier molecular flexibility index (Phi) is 10.9. The fraction of sp³-hybridized carbons (Fsp3) is 1.00. The van der Waals surface area contributed by atoms with Crippen LogP contribution in [0.25, 0.3) is 0 Å². The Morgan fingerprint density at radius 1 is 1.24 bits per heavy atom. The lowest BCUT2D eigenvalue weighted by molar-refractivity contribution is 0.260. The van der Waals surface area contributed by atoms with Crippen molar-refractivity contribution >= 4 is 20.8 Å². The van der Waals surface area contributed by atoms with Crippen LogP contribution in [0.2, 0.25) is 0 Å². The largest absolute Gasteiger partial charge is 0.416 e. The molecule has 0 aromatic carbocycles. The topological polar surface area (TPSA) is 153 Å². The van der Waals surface area contributed by atoms with Gasteiger partial charge in [0.2, 0.25) is 0 Å². The van der Waals surface area contributed by atoms with E-state index in [1.165, 1.54) is 0 Å². The summed E-state index contributed by atoms with van der Waals surface area (Å²) in [5, 5.41) is 7.75. The van der Waals surface area contributed by atoms with Gasteiger partial charge in [0.25, 0.3) is 0 Å². The van der Waals surface area contributed by atoms with E-state index in [0.29, 0.717) is 19.4 Å². The minimum atomic E-state index is -5.03. The molecule has 0 aromatic rings. The average Bonchev–Trinajstić information content (AvgIpc) is 2.14. The van der Waals surface area contributed by atoms with Gasteiger partial charge in [0.1, 0.15) is 0 Å². The van der Waals surface area contributed by atoms with Crippen LogP contribution in [-0.4, -0.2) is 46.3 Å². The zero-order valence-corrected chi connectivity index (χ0v) is 10.9. The summed E-state index contributed by atoms with van der Waals surface area (Å²) in [4.78, 5) is 0. The van der Waals surface area contributed by atoms with E-state index in [0.717, 1.165) is 0 Å². The summed E-state index contributed by atoms with van der Waals surface area (Å²) in [6.07, 6.45) is 1.12. The molecule has 11 heteroatoms. The van der Waals surface area contributed by atoms with Gasteiger partial charge in [-0.15, -0.1) is 3.63 Å². The lowest BCUT2D eigenvalue weighted by Gasteiger charge is -2.01. The molecule has 0 spiro atoms. The Morgan fingerprint density at radius 3 is 2.00 bits per heavy atom. The van der Waals surface area contributed by atoms with Crippen molar-refractivity contribution in [1.29, 1.82) is 0 Å². The average molecular weight is 295 g/mol. The first-order valence-electron chi connectivity index (χ1n) is 4.57. The van der Waals surface area contributed by atoms with Gasteiger partial charge in [-0.3, -0.25) is 4.55 Å². The van der Waals surface area contributed by atoms with Gasteiger partial charge in [0.05, 0.1) is 13.2 Å². The summed E-state index contributed by atoms with van der Waals surface area (Å²) in [6.45, 7) is 2.08. The van der Waals surface area contributed by atoms with E-state index >= 15 is 0 Å². The molecule has 0 amide bonds. The molecule has 0 aliphatic rings. The quantitative estimate of drug-likeness (QED) is 0.388. The van der Waals surface area contributed by atoms with E-state index in [-0.39, 0.29) is 13.2 Å². The summed E-state index contributed by atoms with van der Waals surface area (Å²) in [7, 11) is -9.68. The van der Waals surface area contributed by atoms with Crippen molar-refractivity contribution in [3.05, 3.63) is 0 Å². The Balaban J connectivity index is 0. The molecule has 0 saturated heterocycles. The summed E-state index contributed by atoms with van der Waals surface area (Å²) < 4.78 is 56.3. The van der Waals surface area contributed by atoms with Crippen LogP contribution in [0, 0.1) is 0 Å². The molecule has 0 aliphatic heterocycles. The fourth-order valence-corrected chi connectivity index (χ4v) is 1.75. The molecule has 0 bridgehead atoms. The Labute approximate surface area is 101 Å². The Morgan fingerprint density at radius 2 is 1.71 bits per heavy atom. The van der Waals surface area contributed by atoms with Crippen molar-refractivity contribution in [2.75, 3.05) is 19.8 Å². The third-order valence-electron chi connectivity index (χ3n) is 1.02. The molecule has 17 heavy (non-hydrogen) atoms. The summed E-state index contributed by atoms with van der Waals surface area (Å²) in [6, 6.07) is 0. The van der Waals surface area contributed by atoms with Crippen molar-refractivity contribution in [2.45, 2.75) is 19.8 Å². The molecular weight excluding hydrogens is 278 g/mol. The summed E-state index contributed by atoms with van der Waals surface area (Å²) in [5.41, 5.74) is 4.78. The highest BCUT2D eigenvalue weighted by atomic mass is 32.3. The SMILES string of the molecule is CCCCOS(=O)(=O)OS(=O)(=O)O.NCCO. The molecule has 0 heterocycles. The van der Waals surface area contributed by atoms with Crippen LogP contribution in [-0.2, 0) is 28.6 Å². The van der Waals surface area contributed by atoms with Crippen molar-refractivity contribution in [1.82, 2.24) is 0 Å². The van der Waals surface area contributed by atoms with E-state index in [2.05, 4.69) is 7.81 Å². The predicted octanol–water partition coefficient (Wildman–Crippen LogP) is -1.20. The highest BCUT2D eigenvalue weighted by Gasteiger charge is 2.20. The normalized spacial score (nSPS) is 11.8. The smallest absolute Gasteiger partial charge is 0.395 e. The molecular formula is C6H17NO8S2. The van der Waals surface area contributed by atoms with Crippen LogP contribution in [0.4, 0.5) is 0 Å². The van der Waals surface area contributed by atoms with Gasteiger partial charge in [0, 0.05) is 6.54 Å². The minimum absolute atomic E-state index is 0.0972. The molecule has 9 nitrogen and oxygen atoms in total. The molecule has 0 radical (unpaired) electrons. The van der Waals surface area contributed by atoms with Crippen LogP contribution < -0.4 is 5.73 Å². The van der Waals surface area contributed by atoms with Gasteiger partial charge in [-0.25, -0.2) is 4.18 Å². The molecule has 0 unspecified atom stereocenters. The predicted molar refractivity (Wildman–Crippen MR) is 58.6 cm³/mol. The highest BCUT2D eigenvalue weighted by Crippen LogP contribution is 2.02. The maximum atomic E-state index is 10.5. The Hall–Kier alpha value is -0.300. The number of hydrogen-bond donors (Lipinski definition) is 3. The molecule has 0 aliphatic carbocycles. The van der Waals surface area contributed by atoms with Crippen LogP contribution in [0.5, 0.6) is 0 Å². The second kappa shape index (κ2) is 9.70. The molecule has 0 aromatic heterocycles. The van der Waals surface area contributed by atoms with E-state index in [1.54, 1.807) is 6.92 Å². The first kappa shape index (κ1) is 19.0. The third-order valence-corrected chi connectivity index (χ3v) is 2.83. The lowest BCUT2D eigenvalue weighted by Crippen LogP contribution is -2.15. The molecule has 0 fully saturated rings. The minimum Gasteiger partial charge on any atom is -0.395 e. The molecule has 0 rings (SSSR count). The van der Waals surface area contributed by atoms with Crippen LogP contribution >= 0.6 is 0 Å².